The van der Waals surface area contributed by atoms with E-state index in [1.54, 1.807) is 18.1 Å². The first-order valence-corrected chi connectivity index (χ1v) is 11.2. The van der Waals surface area contributed by atoms with Crippen LogP contribution in [0.3, 0.4) is 0 Å². The Morgan fingerprint density at radius 3 is 2.68 bits per heavy atom. The van der Waals surface area contributed by atoms with Crippen molar-refractivity contribution >= 4 is 17.7 Å². The van der Waals surface area contributed by atoms with Crippen LogP contribution < -0.4 is 9.47 Å². The zero-order valence-corrected chi connectivity index (χ0v) is 18.8. The van der Waals surface area contributed by atoms with Gasteiger partial charge in [-0.25, -0.2) is 9.78 Å². The van der Waals surface area contributed by atoms with Crippen molar-refractivity contribution in [3.05, 3.63) is 46.9 Å². The summed E-state index contributed by atoms with van der Waals surface area (Å²) in [5.41, 5.74) is 1.93. The van der Waals surface area contributed by atoms with Gasteiger partial charge in [0.25, 0.3) is 0 Å². The minimum Gasteiger partial charge on any atom is -0.490 e. The minimum atomic E-state index is -0.428. The molecule has 0 N–H and O–H groups in total. The van der Waals surface area contributed by atoms with Crippen LogP contribution in [0.5, 0.6) is 11.6 Å². The summed E-state index contributed by atoms with van der Waals surface area (Å²) in [5.74, 6) is 1.41. The summed E-state index contributed by atoms with van der Waals surface area (Å²) in [7, 11) is 1.73. The maximum absolute atomic E-state index is 12.2. The van der Waals surface area contributed by atoms with Gasteiger partial charge in [0.15, 0.2) is 0 Å². The standard InChI is InChI=1S/C23H29ClN4O3/c1-16-12-26-22(13-25-16)31-23(29)27(2)14-17-9-20(10-17)30-19-6-5-18(21(24)11-19)15-28-7-3-4-8-28/h5-6,11-13,17,20H,3-4,7-10,14-15H2,1-2H3. The smallest absolute Gasteiger partial charge is 0.416 e. The number of nitrogens with zero attached hydrogens (tertiary/aromatic N) is 4. The summed E-state index contributed by atoms with van der Waals surface area (Å²) in [4.78, 5) is 24.4. The number of benzene rings is 1. The Morgan fingerprint density at radius 1 is 1.23 bits per heavy atom. The zero-order chi connectivity index (χ0) is 21.8. The molecule has 166 valence electrons. The van der Waals surface area contributed by atoms with Crippen molar-refractivity contribution < 1.29 is 14.3 Å². The van der Waals surface area contributed by atoms with Gasteiger partial charge in [0.1, 0.15) is 5.75 Å². The monoisotopic (exact) mass is 444 g/mol. The largest absolute Gasteiger partial charge is 0.490 e. The highest BCUT2D eigenvalue weighted by atomic mass is 35.5. The van der Waals surface area contributed by atoms with Crippen molar-refractivity contribution in [2.24, 2.45) is 5.92 Å². The number of aryl methyl sites for hydroxylation is 1. The fraction of sp³-hybridized carbons (Fsp3) is 0.522. The van der Waals surface area contributed by atoms with Crippen LogP contribution in [0, 0.1) is 12.8 Å². The van der Waals surface area contributed by atoms with Crippen LogP contribution in [-0.4, -0.2) is 58.6 Å². The fourth-order valence-corrected chi connectivity index (χ4v) is 4.32. The number of halogens is 1. The molecule has 8 heteroatoms. The molecule has 2 aliphatic rings. The van der Waals surface area contributed by atoms with E-state index < -0.39 is 6.09 Å². The number of hydrogen-bond acceptors (Lipinski definition) is 6. The molecule has 1 saturated carbocycles. The molecule has 31 heavy (non-hydrogen) atoms. The Bertz CT molecular complexity index is 896. The van der Waals surface area contributed by atoms with Gasteiger partial charge in [0.05, 0.1) is 24.2 Å². The van der Waals surface area contributed by atoms with E-state index in [0.29, 0.717) is 12.5 Å². The molecular weight excluding hydrogens is 416 g/mol. The molecule has 0 bridgehead atoms. The second kappa shape index (κ2) is 9.83. The molecule has 0 spiro atoms. The van der Waals surface area contributed by atoms with Crippen LogP contribution >= 0.6 is 11.6 Å². The van der Waals surface area contributed by atoms with Crippen LogP contribution in [0.2, 0.25) is 5.02 Å². The highest BCUT2D eigenvalue weighted by Gasteiger charge is 2.33. The minimum absolute atomic E-state index is 0.151. The van der Waals surface area contributed by atoms with Crippen molar-refractivity contribution in [1.29, 1.82) is 0 Å². The van der Waals surface area contributed by atoms with E-state index in [4.69, 9.17) is 21.1 Å². The number of hydrogen-bond donors (Lipinski definition) is 0. The van der Waals surface area contributed by atoms with Gasteiger partial charge >= 0.3 is 6.09 Å². The maximum atomic E-state index is 12.2. The third-order valence-electron chi connectivity index (χ3n) is 5.91. The molecule has 2 aromatic rings. The lowest BCUT2D eigenvalue weighted by Gasteiger charge is -2.37. The predicted molar refractivity (Wildman–Crippen MR) is 119 cm³/mol. The van der Waals surface area contributed by atoms with Gasteiger partial charge in [-0.15, -0.1) is 0 Å². The quantitative estimate of drug-likeness (QED) is 0.633. The van der Waals surface area contributed by atoms with Crippen molar-refractivity contribution in [3.63, 3.8) is 0 Å². The van der Waals surface area contributed by atoms with Gasteiger partial charge in [-0.1, -0.05) is 17.7 Å². The average molecular weight is 445 g/mol. The molecule has 1 aromatic heterocycles. The summed E-state index contributed by atoms with van der Waals surface area (Å²) < 4.78 is 11.3. The lowest BCUT2D eigenvalue weighted by atomic mass is 9.82. The van der Waals surface area contributed by atoms with E-state index in [0.717, 1.165) is 54.5 Å². The van der Waals surface area contributed by atoms with Crippen LogP contribution in [0.1, 0.15) is 36.9 Å². The lowest BCUT2D eigenvalue weighted by Crippen LogP contribution is -2.42. The Labute approximate surface area is 188 Å². The van der Waals surface area contributed by atoms with Crippen molar-refractivity contribution in [2.75, 3.05) is 26.7 Å². The summed E-state index contributed by atoms with van der Waals surface area (Å²) >= 11 is 6.49. The first-order valence-electron chi connectivity index (χ1n) is 10.9. The van der Waals surface area contributed by atoms with E-state index in [1.165, 1.54) is 19.0 Å². The van der Waals surface area contributed by atoms with Crippen molar-refractivity contribution in [3.8, 4) is 11.6 Å². The average Bonchev–Trinajstić information content (AvgIpc) is 3.23. The second-order valence-electron chi connectivity index (χ2n) is 8.56. The van der Waals surface area contributed by atoms with Crippen molar-refractivity contribution in [1.82, 2.24) is 19.8 Å². The number of carbonyl (C=O) groups excluding carboxylic acids is 1. The van der Waals surface area contributed by atoms with Gasteiger partial charge in [0, 0.05) is 25.2 Å². The third-order valence-corrected chi connectivity index (χ3v) is 6.26. The van der Waals surface area contributed by atoms with E-state index in [9.17, 15) is 4.79 Å². The zero-order valence-electron chi connectivity index (χ0n) is 18.1. The Hall–Kier alpha value is -2.38. The van der Waals surface area contributed by atoms with Crippen LogP contribution in [0.25, 0.3) is 0 Å². The molecule has 1 aromatic carbocycles. The van der Waals surface area contributed by atoms with Gasteiger partial charge < -0.3 is 14.4 Å². The van der Waals surface area contributed by atoms with Gasteiger partial charge in [-0.3, -0.25) is 9.88 Å². The summed E-state index contributed by atoms with van der Waals surface area (Å²) in [6, 6.07) is 6.01. The second-order valence-corrected chi connectivity index (χ2v) is 8.97. The number of likely N-dealkylation sites (tertiary alicyclic amines) is 1. The molecule has 2 fully saturated rings. The lowest BCUT2D eigenvalue weighted by molar-refractivity contribution is 0.0482. The number of carbonyl (C=O) groups is 1. The topological polar surface area (TPSA) is 67.8 Å². The summed E-state index contributed by atoms with van der Waals surface area (Å²) in [5, 5.41) is 0.766. The Balaban J connectivity index is 1.19. The Kier molecular flexibility index (Phi) is 6.92. The van der Waals surface area contributed by atoms with Crippen LogP contribution in [0.15, 0.2) is 30.6 Å². The van der Waals surface area contributed by atoms with E-state index >= 15 is 0 Å². The first-order chi connectivity index (χ1) is 15.0. The molecule has 7 nitrogen and oxygen atoms in total. The van der Waals surface area contributed by atoms with E-state index in [-0.39, 0.29) is 12.0 Å². The maximum Gasteiger partial charge on any atom is 0.416 e. The summed E-state index contributed by atoms with van der Waals surface area (Å²) in [6.45, 7) is 5.66. The predicted octanol–water partition coefficient (Wildman–Crippen LogP) is 4.32. The number of amides is 1. The van der Waals surface area contributed by atoms with Crippen LogP contribution in [-0.2, 0) is 6.54 Å². The third kappa shape index (κ3) is 5.86. The van der Waals surface area contributed by atoms with E-state index in [1.807, 2.05) is 19.1 Å². The summed E-state index contributed by atoms with van der Waals surface area (Å²) in [6.07, 6.45) is 7.09. The molecule has 0 radical (unpaired) electrons. The van der Waals surface area contributed by atoms with Gasteiger partial charge in [-0.2, -0.15) is 0 Å². The molecule has 0 unspecified atom stereocenters. The van der Waals surface area contributed by atoms with Crippen LogP contribution in [0.4, 0.5) is 4.79 Å². The van der Waals surface area contributed by atoms with E-state index in [2.05, 4.69) is 20.9 Å². The molecule has 1 saturated heterocycles. The first kappa shape index (κ1) is 21.8. The van der Waals surface area contributed by atoms with Gasteiger partial charge in [-0.05, 0) is 69.3 Å². The molecule has 4 rings (SSSR count). The molecule has 1 aliphatic heterocycles. The SMILES string of the molecule is Cc1cnc(OC(=O)N(C)CC2CC(Oc3ccc(CN4CCCC4)c(Cl)c3)C2)cn1. The Morgan fingerprint density at radius 2 is 2.00 bits per heavy atom. The molecule has 1 aliphatic carbocycles. The van der Waals surface area contributed by atoms with Gasteiger partial charge in [0.2, 0.25) is 5.88 Å². The highest BCUT2D eigenvalue weighted by Crippen LogP contribution is 2.33. The number of ether oxygens (including phenoxy) is 2. The number of aromatic nitrogens is 2. The normalized spacial score (nSPS) is 20.9. The van der Waals surface area contributed by atoms with Crippen molar-refractivity contribution in [2.45, 2.75) is 45.3 Å². The molecule has 1 amide bonds. The fourth-order valence-electron chi connectivity index (χ4n) is 4.09. The number of rotatable bonds is 7. The highest BCUT2D eigenvalue weighted by molar-refractivity contribution is 6.31. The molecule has 0 atom stereocenters. The molecular formula is C23H29ClN4O3. The molecule has 2 heterocycles.